The van der Waals surface area contributed by atoms with Gasteiger partial charge in [-0.15, -0.1) is 0 Å². The lowest BCUT2D eigenvalue weighted by Crippen LogP contribution is -2.37. The molecule has 1 aliphatic rings. The van der Waals surface area contributed by atoms with Crippen molar-refractivity contribution in [1.29, 1.82) is 0 Å². The van der Waals surface area contributed by atoms with Crippen LogP contribution in [0.4, 0.5) is 5.69 Å². The molecule has 0 bridgehead atoms. The van der Waals surface area contributed by atoms with Gasteiger partial charge in [-0.3, -0.25) is 4.79 Å². The topological polar surface area (TPSA) is 52.6 Å². The molecule has 0 spiro atoms. The Balaban J connectivity index is 1.72. The van der Waals surface area contributed by atoms with Gasteiger partial charge < -0.3 is 15.3 Å². The van der Waals surface area contributed by atoms with E-state index in [0.29, 0.717) is 30.0 Å². The average molecular weight is 325 g/mol. The van der Waals surface area contributed by atoms with Crippen molar-refractivity contribution in [3.8, 4) is 0 Å². The first-order valence-corrected chi connectivity index (χ1v) is 8.33. The van der Waals surface area contributed by atoms with Gasteiger partial charge in [0, 0.05) is 36.3 Å². The maximum Gasteiger partial charge on any atom is 0.225 e. The van der Waals surface area contributed by atoms with Crippen LogP contribution in [-0.4, -0.2) is 42.2 Å². The Morgan fingerprint density at radius 2 is 2.09 bits per heavy atom. The van der Waals surface area contributed by atoms with Crippen molar-refractivity contribution >= 4 is 23.2 Å². The molecule has 1 aromatic rings. The third-order valence-electron chi connectivity index (χ3n) is 4.50. The first-order valence-electron chi connectivity index (χ1n) is 7.95. The van der Waals surface area contributed by atoms with Crippen molar-refractivity contribution in [3.05, 3.63) is 29.3 Å². The third kappa shape index (κ3) is 5.27. The standard InChI is InChI=1S/C17H25ClN2O2/c1-20(16-7-5-13(12-21)6-8-16)10-9-17(22)19-15-4-2-3-14(18)11-15/h2-4,11,13,16,21H,5-10,12H2,1H3,(H,19,22). The van der Waals surface area contributed by atoms with Crippen molar-refractivity contribution in [3.63, 3.8) is 0 Å². The number of halogens is 1. The van der Waals surface area contributed by atoms with Gasteiger partial charge in [0.05, 0.1) is 0 Å². The summed E-state index contributed by atoms with van der Waals surface area (Å²) in [5.74, 6) is 0.480. The van der Waals surface area contributed by atoms with Gasteiger partial charge in [-0.2, -0.15) is 0 Å². The molecule has 0 unspecified atom stereocenters. The molecule has 1 aliphatic carbocycles. The zero-order valence-electron chi connectivity index (χ0n) is 13.1. The molecular formula is C17H25ClN2O2. The summed E-state index contributed by atoms with van der Waals surface area (Å²) in [5, 5.41) is 12.7. The van der Waals surface area contributed by atoms with E-state index in [1.165, 1.54) is 0 Å². The number of anilines is 1. The highest BCUT2D eigenvalue weighted by molar-refractivity contribution is 6.30. The summed E-state index contributed by atoms with van der Waals surface area (Å²) < 4.78 is 0. The smallest absolute Gasteiger partial charge is 0.225 e. The number of carbonyl (C=O) groups excluding carboxylic acids is 1. The molecule has 122 valence electrons. The SMILES string of the molecule is CN(CCC(=O)Nc1cccc(Cl)c1)C1CCC(CO)CC1. The van der Waals surface area contributed by atoms with Gasteiger partial charge in [0.1, 0.15) is 0 Å². The number of carbonyl (C=O) groups is 1. The van der Waals surface area contributed by atoms with E-state index in [1.54, 1.807) is 12.1 Å². The minimum absolute atomic E-state index is 0.0122. The number of hydrogen-bond acceptors (Lipinski definition) is 3. The fraction of sp³-hybridized carbons (Fsp3) is 0.588. The minimum Gasteiger partial charge on any atom is -0.396 e. The maximum atomic E-state index is 12.0. The molecule has 0 radical (unpaired) electrons. The number of aliphatic hydroxyl groups excluding tert-OH is 1. The molecule has 5 heteroatoms. The maximum absolute atomic E-state index is 12.0. The Hall–Kier alpha value is -1.10. The number of amides is 1. The Labute approximate surface area is 137 Å². The number of aliphatic hydroxyl groups is 1. The summed E-state index contributed by atoms with van der Waals surface area (Å²) in [5.41, 5.74) is 0.739. The van der Waals surface area contributed by atoms with Crippen LogP contribution in [0, 0.1) is 5.92 Å². The molecule has 0 aromatic heterocycles. The van der Waals surface area contributed by atoms with Crippen LogP contribution >= 0.6 is 11.6 Å². The predicted octanol–water partition coefficient (Wildman–Crippen LogP) is 3.15. The second kappa shape index (κ2) is 8.51. The van der Waals surface area contributed by atoms with Gasteiger partial charge >= 0.3 is 0 Å². The van der Waals surface area contributed by atoms with E-state index in [9.17, 15) is 9.90 Å². The molecule has 0 saturated heterocycles. The zero-order valence-corrected chi connectivity index (χ0v) is 13.9. The van der Waals surface area contributed by atoms with Crippen LogP contribution in [-0.2, 0) is 4.79 Å². The van der Waals surface area contributed by atoms with Crippen molar-refractivity contribution in [2.45, 2.75) is 38.1 Å². The van der Waals surface area contributed by atoms with Crippen molar-refractivity contribution in [1.82, 2.24) is 4.90 Å². The Morgan fingerprint density at radius 1 is 1.36 bits per heavy atom. The summed E-state index contributed by atoms with van der Waals surface area (Å²) in [6.07, 6.45) is 4.86. The zero-order chi connectivity index (χ0) is 15.9. The van der Waals surface area contributed by atoms with E-state index in [4.69, 9.17) is 11.6 Å². The predicted molar refractivity (Wildman–Crippen MR) is 90.2 cm³/mol. The van der Waals surface area contributed by atoms with E-state index in [-0.39, 0.29) is 5.91 Å². The molecular weight excluding hydrogens is 300 g/mol. The average Bonchev–Trinajstić information content (AvgIpc) is 2.52. The Kier molecular flexibility index (Phi) is 6.68. The largest absolute Gasteiger partial charge is 0.396 e. The van der Waals surface area contributed by atoms with Crippen LogP contribution in [0.1, 0.15) is 32.1 Å². The van der Waals surface area contributed by atoms with Crippen molar-refractivity contribution in [2.75, 3.05) is 25.5 Å². The second-order valence-corrected chi connectivity index (χ2v) is 6.58. The molecule has 4 nitrogen and oxygen atoms in total. The monoisotopic (exact) mass is 324 g/mol. The highest BCUT2D eigenvalue weighted by Gasteiger charge is 2.23. The van der Waals surface area contributed by atoms with Crippen molar-refractivity contribution < 1.29 is 9.90 Å². The fourth-order valence-electron chi connectivity index (χ4n) is 3.02. The third-order valence-corrected chi connectivity index (χ3v) is 4.73. The second-order valence-electron chi connectivity index (χ2n) is 6.15. The van der Waals surface area contributed by atoms with Gasteiger partial charge in [-0.25, -0.2) is 0 Å². The summed E-state index contributed by atoms with van der Waals surface area (Å²) in [7, 11) is 2.08. The highest BCUT2D eigenvalue weighted by Crippen LogP contribution is 2.26. The lowest BCUT2D eigenvalue weighted by atomic mass is 9.86. The molecule has 0 aliphatic heterocycles. The van der Waals surface area contributed by atoms with Crippen LogP contribution in [0.25, 0.3) is 0 Å². The molecule has 1 fully saturated rings. The fourth-order valence-corrected chi connectivity index (χ4v) is 3.21. The van der Waals surface area contributed by atoms with E-state index in [1.807, 2.05) is 12.1 Å². The number of nitrogens with zero attached hydrogens (tertiary/aromatic N) is 1. The molecule has 1 saturated carbocycles. The molecule has 0 atom stereocenters. The van der Waals surface area contributed by atoms with Gasteiger partial charge in [-0.05, 0) is 56.8 Å². The van der Waals surface area contributed by atoms with Crippen LogP contribution < -0.4 is 5.32 Å². The number of benzene rings is 1. The minimum atomic E-state index is 0.0122. The first-order chi connectivity index (χ1) is 10.6. The summed E-state index contributed by atoms with van der Waals surface area (Å²) in [6, 6.07) is 7.72. The molecule has 22 heavy (non-hydrogen) atoms. The molecule has 1 amide bonds. The molecule has 0 heterocycles. The molecule has 2 N–H and O–H groups in total. The highest BCUT2D eigenvalue weighted by atomic mass is 35.5. The quantitative estimate of drug-likeness (QED) is 0.845. The number of rotatable bonds is 6. The van der Waals surface area contributed by atoms with Crippen LogP contribution in [0.5, 0.6) is 0 Å². The van der Waals surface area contributed by atoms with Gasteiger partial charge in [0.2, 0.25) is 5.91 Å². The van der Waals surface area contributed by atoms with Crippen LogP contribution in [0.15, 0.2) is 24.3 Å². The Bertz CT molecular complexity index is 487. The van der Waals surface area contributed by atoms with Gasteiger partial charge in [0.25, 0.3) is 0 Å². The van der Waals surface area contributed by atoms with Crippen LogP contribution in [0.2, 0.25) is 5.02 Å². The lowest BCUT2D eigenvalue weighted by Gasteiger charge is -2.34. The lowest BCUT2D eigenvalue weighted by molar-refractivity contribution is -0.116. The number of nitrogens with one attached hydrogen (secondary N) is 1. The summed E-state index contributed by atoms with van der Waals surface area (Å²) in [6.45, 7) is 1.05. The van der Waals surface area contributed by atoms with E-state index >= 15 is 0 Å². The normalized spacial score (nSPS) is 21.8. The van der Waals surface area contributed by atoms with Crippen molar-refractivity contribution in [2.24, 2.45) is 5.92 Å². The summed E-state index contributed by atoms with van der Waals surface area (Å²) in [4.78, 5) is 14.3. The van der Waals surface area contributed by atoms with Crippen LogP contribution in [0.3, 0.4) is 0 Å². The van der Waals surface area contributed by atoms with E-state index < -0.39 is 0 Å². The molecule has 1 aromatic carbocycles. The number of hydrogen-bond donors (Lipinski definition) is 2. The van der Waals surface area contributed by atoms with Gasteiger partial charge in [0.15, 0.2) is 0 Å². The first kappa shape index (κ1) is 17.3. The van der Waals surface area contributed by atoms with E-state index in [2.05, 4.69) is 17.3 Å². The summed E-state index contributed by atoms with van der Waals surface area (Å²) >= 11 is 5.90. The molecule has 2 rings (SSSR count). The van der Waals surface area contributed by atoms with Gasteiger partial charge in [-0.1, -0.05) is 17.7 Å². The Morgan fingerprint density at radius 3 is 2.73 bits per heavy atom. The van der Waals surface area contributed by atoms with E-state index in [0.717, 1.165) is 37.9 Å².